The molecule has 2 fully saturated rings. The van der Waals surface area contributed by atoms with Crippen LogP contribution in [0.5, 0.6) is 0 Å². The van der Waals surface area contributed by atoms with E-state index in [1.54, 1.807) is 0 Å². The van der Waals surface area contributed by atoms with E-state index in [-0.39, 0.29) is 36.2 Å². The summed E-state index contributed by atoms with van der Waals surface area (Å²) in [6.07, 6.45) is 5.08. The highest BCUT2D eigenvalue weighted by Gasteiger charge is 2.28. The van der Waals surface area contributed by atoms with Crippen molar-refractivity contribution >= 4 is 24.2 Å². The number of halogens is 1. The number of benzene rings is 1. The van der Waals surface area contributed by atoms with Gasteiger partial charge >= 0.3 is 0 Å². The van der Waals surface area contributed by atoms with Crippen LogP contribution >= 0.6 is 12.4 Å². The monoisotopic (exact) mass is 393 g/mol. The zero-order chi connectivity index (χ0) is 18.4. The van der Waals surface area contributed by atoms with Gasteiger partial charge in [-0.25, -0.2) is 0 Å². The Morgan fingerprint density at radius 1 is 1.11 bits per heavy atom. The van der Waals surface area contributed by atoms with E-state index in [1.807, 2.05) is 35.2 Å². The smallest absolute Gasteiger partial charge is 0.234 e. The Morgan fingerprint density at radius 2 is 1.78 bits per heavy atom. The molecule has 2 aliphatic rings. The van der Waals surface area contributed by atoms with Crippen LogP contribution in [0.25, 0.3) is 0 Å². The Morgan fingerprint density at radius 3 is 2.37 bits per heavy atom. The van der Waals surface area contributed by atoms with Gasteiger partial charge in [0.15, 0.2) is 0 Å². The molecular weight excluding hydrogens is 362 g/mol. The lowest BCUT2D eigenvalue weighted by molar-refractivity contribution is -0.134. The van der Waals surface area contributed by atoms with Crippen molar-refractivity contribution in [2.45, 2.75) is 51.0 Å². The third kappa shape index (κ3) is 6.51. The van der Waals surface area contributed by atoms with Crippen LogP contribution in [-0.4, -0.2) is 48.9 Å². The molecule has 1 aromatic rings. The first kappa shape index (κ1) is 21.7. The number of piperidine rings is 1. The van der Waals surface area contributed by atoms with Crippen molar-refractivity contribution in [2.24, 2.45) is 5.92 Å². The SMILES string of the molecule is CCC(C(=O)N1CCC(NC(=O)CNCC2CC2)CC1)c1ccccc1.Cl. The summed E-state index contributed by atoms with van der Waals surface area (Å²) in [5, 5.41) is 6.34. The van der Waals surface area contributed by atoms with E-state index in [2.05, 4.69) is 17.6 Å². The van der Waals surface area contributed by atoms with Gasteiger partial charge in [-0.05, 0) is 50.1 Å². The molecule has 1 aromatic carbocycles. The second-order valence-corrected chi connectivity index (χ2v) is 7.61. The predicted molar refractivity (Wildman–Crippen MR) is 110 cm³/mol. The zero-order valence-corrected chi connectivity index (χ0v) is 17.0. The van der Waals surface area contributed by atoms with E-state index >= 15 is 0 Å². The van der Waals surface area contributed by atoms with Gasteiger partial charge in [0.05, 0.1) is 12.5 Å². The zero-order valence-electron chi connectivity index (χ0n) is 16.2. The minimum atomic E-state index is -0.0611. The average Bonchev–Trinajstić information content (AvgIpc) is 3.48. The molecule has 27 heavy (non-hydrogen) atoms. The third-order valence-electron chi connectivity index (χ3n) is 5.50. The lowest BCUT2D eigenvalue weighted by Crippen LogP contribution is -2.49. The summed E-state index contributed by atoms with van der Waals surface area (Å²) >= 11 is 0. The maximum Gasteiger partial charge on any atom is 0.234 e. The fourth-order valence-electron chi connectivity index (χ4n) is 3.69. The molecule has 1 atom stereocenters. The minimum Gasteiger partial charge on any atom is -0.352 e. The quantitative estimate of drug-likeness (QED) is 0.713. The number of carbonyl (C=O) groups excluding carboxylic acids is 2. The van der Waals surface area contributed by atoms with Crippen LogP contribution in [0.2, 0.25) is 0 Å². The van der Waals surface area contributed by atoms with Crippen molar-refractivity contribution < 1.29 is 9.59 Å². The number of likely N-dealkylation sites (tertiary alicyclic amines) is 1. The fourth-order valence-corrected chi connectivity index (χ4v) is 3.69. The summed E-state index contributed by atoms with van der Waals surface area (Å²) < 4.78 is 0. The normalized spacial score (nSPS) is 18.5. The van der Waals surface area contributed by atoms with Gasteiger partial charge in [-0.15, -0.1) is 12.4 Å². The number of amides is 2. The minimum absolute atomic E-state index is 0. The van der Waals surface area contributed by atoms with Crippen molar-refractivity contribution in [3.8, 4) is 0 Å². The predicted octanol–water partition coefficient (Wildman–Crippen LogP) is 2.71. The summed E-state index contributed by atoms with van der Waals surface area (Å²) in [7, 11) is 0. The first-order valence-corrected chi connectivity index (χ1v) is 10.0. The van der Waals surface area contributed by atoms with Gasteiger partial charge in [0.25, 0.3) is 0 Å². The van der Waals surface area contributed by atoms with Crippen LogP contribution < -0.4 is 10.6 Å². The second kappa shape index (κ2) is 10.7. The summed E-state index contributed by atoms with van der Waals surface area (Å²) in [5.41, 5.74) is 1.09. The number of nitrogens with zero attached hydrogens (tertiary/aromatic N) is 1. The summed E-state index contributed by atoms with van der Waals surface area (Å²) in [6.45, 7) is 4.88. The molecule has 2 N–H and O–H groups in total. The number of nitrogens with one attached hydrogen (secondary N) is 2. The van der Waals surface area contributed by atoms with E-state index in [4.69, 9.17) is 0 Å². The molecule has 1 aliphatic carbocycles. The molecule has 5 nitrogen and oxygen atoms in total. The molecule has 2 amide bonds. The maximum absolute atomic E-state index is 12.9. The third-order valence-corrected chi connectivity index (χ3v) is 5.50. The fraction of sp³-hybridized carbons (Fsp3) is 0.619. The Bertz CT molecular complexity index is 599. The van der Waals surface area contributed by atoms with E-state index < -0.39 is 0 Å². The van der Waals surface area contributed by atoms with Crippen molar-refractivity contribution in [3.05, 3.63) is 35.9 Å². The molecule has 1 unspecified atom stereocenters. The summed E-state index contributed by atoms with van der Waals surface area (Å²) in [4.78, 5) is 26.9. The molecule has 150 valence electrons. The number of carbonyl (C=O) groups is 2. The van der Waals surface area contributed by atoms with Gasteiger partial charge in [-0.3, -0.25) is 9.59 Å². The Labute approximate surface area is 168 Å². The van der Waals surface area contributed by atoms with E-state index in [1.165, 1.54) is 12.8 Å². The number of hydrogen-bond donors (Lipinski definition) is 2. The molecule has 0 spiro atoms. The Kier molecular flexibility index (Phi) is 8.58. The van der Waals surface area contributed by atoms with Gasteiger partial charge in [0, 0.05) is 19.1 Å². The van der Waals surface area contributed by atoms with Gasteiger partial charge in [0.1, 0.15) is 0 Å². The maximum atomic E-state index is 12.9. The standard InChI is InChI=1S/C21H31N3O2.ClH/c1-2-19(17-6-4-3-5-7-17)21(26)24-12-10-18(11-13-24)23-20(25)15-22-14-16-8-9-16;/h3-7,16,18-19,22H,2,8-15H2,1H3,(H,23,25);1H. The molecule has 6 heteroatoms. The topological polar surface area (TPSA) is 61.4 Å². The van der Waals surface area contributed by atoms with Gasteiger partial charge < -0.3 is 15.5 Å². The van der Waals surface area contributed by atoms with Crippen molar-refractivity contribution in [2.75, 3.05) is 26.2 Å². The van der Waals surface area contributed by atoms with Crippen LogP contribution in [-0.2, 0) is 9.59 Å². The van der Waals surface area contributed by atoms with Crippen LogP contribution in [0.3, 0.4) is 0 Å². The van der Waals surface area contributed by atoms with E-state index in [9.17, 15) is 9.59 Å². The van der Waals surface area contributed by atoms with Crippen molar-refractivity contribution in [1.29, 1.82) is 0 Å². The van der Waals surface area contributed by atoms with E-state index in [0.717, 1.165) is 50.4 Å². The Hall–Kier alpha value is -1.59. The van der Waals surface area contributed by atoms with Crippen LogP contribution in [0.15, 0.2) is 30.3 Å². The highest BCUT2D eigenvalue weighted by Crippen LogP contribution is 2.27. The highest BCUT2D eigenvalue weighted by atomic mass is 35.5. The van der Waals surface area contributed by atoms with Crippen molar-refractivity contribution in [3.63, 3.8) is 0 Å². The van der Waals surface area contributed by atoms with Crippen molar-refractivity contribution in [1.82, 2.24) is 15.5 Å². The first-order valence-electron chi connectivity index (χ1n) is 10.0. The molecule has 1 heterocycles. The van der Waals surface area contributed by atoms with Crippen LogP contribution in [0.1, 0.15) is 50.5 Å². The van der Waals surface area contributed by atoms with Gasteiger partial charge in [-0.2, -0.15) is 0 Å². The molecule has 0 aromatic heterocycles. The summed E-state index contributed by atoms with van der Waals surface area (Å²) in [5.74, 6) is 1.02. The summed E-state index contributed by atoms with van der Waals surface area (Å²) in [6, 6.07) is 10.2. The Balaban J connectivity index is 0.00000261. The van der Waals surface area contributed by atoms with Crippen LogP contribution in [0, 0.1) is 5.92 Å². The molecule has 3 rings (SSSR count). The molecule has 1 aliphatic heterocycles. The van der Waals surface area contributed by atoms with Crippen LogP contribution in [0.4, 0.5) is 0 Å². The largest absolute Gasteiger partial charge is 0.352 e. The molecular formula is C21H32ClN3O2. The lowest BCUT2D eigenvalue weighted by atomic mass is 9.93. The molecule has 0 bridgehead atoms. The average molecular weight is 394 g/mol. The molecule has 0 radical (unpaired) electrons. The highest BCUT2D eigenvalue weighted by molar-refractivity contribution is 5.85. The second-order valence-electron chi connectivity index (χ2n) is 7.61. The molecule has 1 saturated carbocycles. The van der Waals surface area contributed by atoms with Gasteiger partial charge in [0.2, 0.25) is 11.8 Å². The number of rotatable bonds is 8. The molecule has 1 saturated heterocycles. The van der Waals surface area contributed by atoms with E-state index in [0.29, 0.717) is 6.54 Å². The number of hydrogen-bond acceptors (Lipinski definition) is 3. The first-order chi connectivity index (χ1) is 12.7. The van der Waals surface area contributed by atoms with Gasteiger partial charge in [-0.1, -0.05) is 37.3 Å². The lowest BCUT2D eigenvalue weighted by Gasteiger charge is -2.34.